The van der Waals surface area contributed by atoms with Crippen LogP contribution in [0.4, 0.5) is 4.79 Å². The Morgan fingerprint density at radius 1 is 1.16 bits per heavy atom. The summed E-state index contributed by atoms with van der Waals surface area (Å²) in [5.41, 5.74) is 6.61. The second kappa shape index (κ2) is 8.16. The lowest BCUT2D eigenvalue weighted by Crippen LogP contribution is -2.41. The zero-order chi connectivity index (χ0) is 17.6. The molecule has 1 aliphatic heterocycles. The van der Waals surface area contributed by atoms with E-state index in [2.05, 4.69) is 29.6 Å². The molecule has 0 aliphatic carbocycles. The van der Waals surface area contributed by atoms with E-state index in [1.54, 1.807) is 0 Å². The second-order valence-corrected chi connectivity index (χ2v) is 7.33. The highest BCUT2D eigenvalue weighted by molar-refractivity contribution is 7.10. The summed E-state index contributed by atoms with van der Waals surface area (Å²) in [6.07, 6.45) is 2.20. The number of hydrogen-bond donors (Lipinski definition) is 2. The topological polar surface area (TPSA) is 75.4 Å². The molecule has 1 atom stereocenters. The molecule has 0 bridgehead atoms. The van der Waals surface area contributed by atoms with Gasteiger partial charge >= 0.3 is 6.03 Å². The van der Waals surface area contributed by atoms with Gasteiger partial charge in [-0.1, -0.05) is 36.4 Å². The van der Waals surface area contributed by atoms with Crippen molar-refractivity contribution in [3.63, 3.8) is 0 Å². The first-order chi connectivity index (χ1) is 12.1. The molecule has 1 aromatic heterocycles. The van der Waals surface area contributed by atoms with Gasteiger partial charge in [-0.2, -0.15) is 0 Å². The molecule has 3 amide bonds. The lowest BCUT2D eigenvalue weighted by atomic mass is 9.89. The second-order valence-electron chi connectivity index (χ2n) is 6.35. The third-order valence-electron chi connectivity index (χ3n) is 4.70. The summed E-state index contributed by atoms with van der Waals surface area (Å²) in [5, 5.41) is 4.62. The van der Waals surface area contributed by atoms with E-state index in [1.165, 1.54) is 16.9 Å². The SMILES string of the molecule is NC(=O)NC(CC(=O)N1CCC(c2ccccc2)CC1)c1cccs1. The van der Waals surface area contributed by atoms with E-state index in [0.29, 0.717) is 5.92 Å². The Morgan fingerprint density at radius 2 is 1.88 bits per heavy atom. The van der Waals surface area contributed by atoms with E-state index in [-0.39, 0.29) is 18.4 Å². The Hall–Kier alpha value is -2.34. The maximum absolute atomic E-state index is 12.7. The summed E-state index contributed by atoms with van der Waals surface area (Å²) < 4.78 is 0. The number of benzene rings is 1. The van der Waals surface area contributed by atoms with E-state index in [0.717, 1.165) is 30.8 Å². The molecule has 1 unspecified atom stereocenters. The fourth-order valence-corrected chi connectivity index (χ4v) is 4.15. The number of primary amides is 1. The first kappa shape index (κ1) is 17.5. The third-order valence-corrected chi connectivity index (χ3v) is 5.69. The van der Waals surface area contributed by atoms with Crippen molar-refractivity contribution in [3.05, 3.63) is 58.3 Å². The fourth-order valence-electron chi connectivity index (χ4n) is 3.38. The number of likely N-dealkylation sites (tertiary alicyclic amines) is 1. The van der Waals surface area contributed by atoms with Crippen molar-refractivity contribution in [1.29, 1.82) is 0 Å². The van der Waals surface area contributed by atoms with Crippen LogP contribution in [-0.2, 0) is 4.79 Å². The van der Waals surface area contributed by atoms with E-state index in [9.17, 15) is 9.59 Å². The number of rotatable bonds is 5. The molecule has 3 rings (SSSR count). The number of carbonyl (C=O) groups is 2. The third kappa shape index (κ3) is 4.60. The average Bonchev–Trinajstić information content (AvgIpc) is 3.16. The van der Waals surface area contributed by atoms with Crippen LogP contribution in [0.25, 0.3) is 0 Å². The normalized spacial score (nSPS) is 16.4. The van der Waals surface area contributed by atoms with Gasteiger partial charge in [-0.15, -0.1) is 11.3 Å². The smallest absolute Gasteiger partial charge is 0.312 e. The van der Waals surface area contributed by atoms with Gasteiger partial charge in [0, 0.05) is 18.0 Å². The molecule has 0 spiro atoms. The first-order valence-corrected chi connectivity index (χ1v) is 9.43. The van der Waals surface area contributed by atoms with Crippen LogP contribution in [0.15, 0.2) is 47.8 Å². The summed E-state index contributed by atoms with van der Waals surface area (Å²) in [6.45, 7) is 1.51. The highest BCUT2D eigenvalue weighted by Gasteiger charge is 2.26. The Bertz CT molecular complexity index is 695. The van der Waals surface area contributed by atoms with E-state index in [1.807, 2.05) is 28.5 Å². The Labute approximate surface area is 151 Å². The number of nitrogens with two attached hydrogens (primary N) is 1. The van der Waals surface area contributed by atoms with Crippen molar-refractivity contribution in [2.75, 3.05) is 13.1 Å². The number of nitrogens with zero attached hydrogens (tertiary/aromatic N) is 1. The predicted octanol–water partition coefficient (Wildman–Crippen LogP) is 3.25. The molecule has 1 aliphatic rings. The predicted molar refractivity (Wildman–Crippen MR) is 99.4 cm³/mol. The Kier molecular flexibility index (Phi) is 5.71. The maximum atomic E-state index is 12.7. The standard InChI is InChI=1S/C19H23N3O2S/c20-19(24)21-16(17-7-4-12-25-17)13-18(23)22-10-8-15(9-11-22)14-5-2-1-3-6-14/h1-7,12,15-16H,8-11,13H2,(H3,20,21,24). The molecule has 0 saturated carbocycles. The largest absolute Gasteiger partial charge is 0.352 e. The number of carbonyl (C=O) groups excluding carboxylic acids is 2. The molecule has 5 nitrogen and oxygen atoms in total. The van der Waals surface area contributed by atoms with Crippen LogP contribution >= 0.6 is 11.3 Å². The van der Waals surface area contributed by atoms with E-state index < -0.39 is 6.03 Å². The minimum Gasteiger partial charge on any atom is -0.352 e. The van der Waals surface area contributed by atoms with Crippen molar-refractivity contribution in [1.82, 2.24) is 10.2 Å². The van der Waals surface area contributed by atoms with Crippen molar-refractivity contribution in [3.8, 4) is 0 Å². The van der Waals surface area contributed by atoms with Crippen LogP contribution in [0.2, 0.25) is 0 Å². The molecular weight excluding hydrogens is 334 g/mol. The number of hydrogen-bond acceptors (Lipinski definition) is 3. The van der Waals surface area contributed by atoms with Crippen LogP contribution in [0, 0.1) is 0 Å². The first-order valence-electron chi connectivity index (χ1n) is 8.55. The zero-order valence-electron chi connectivity index (χ0n) is 14.1. The summed E-state index contributed by atoms with van der Waals surface area (Å²) in [4.78, 5) is 26.8. The molecule has 1 saturated heterocycles. The molecule has 25 heavy (non-hydrogen) atoms. The van der Waals surface area contributed by atoms with Gasteiger partial charge in [0.05, 0.1) is 12.5 Å². The van der Waals surface area contributed by atoms with E-state index in [4.69, 9.17) is 5.73 Å². The summed E-state index contributed by atoms with van der Waals surface area (Å²) in [6, 6.07) is 13.3. The van der Waals surface area contributed by atoms with Crippen LogP contribution in [0.1, 0.15) is 41.7 Å². The molecule has 3 N–H and O–H groups in total. The lowest BCUT2D eigenvalue weighted by Gasteiger charge is -2.33. The molecular formula is C19H23N3O2S. The Morgan fingerprint density at radius 3 is 2.48 bits per heavy atom. The molecule has 6 heteroatoms. The van der Waals surface area contributed by atoms with Gasteiger partial charge < -0.3 is 16.0 Å². The zero-order valence-corrected chi connectivity index (χ0v) is 14.9. The fraction of sp³-hybridized carbons (Fsp3) is 0.368. The molecule has 2 aromatic rings. The quantitative estimate of drug-likeness (QED) is 0.862. The van der Waals surface area contributed by atoms with Gasteiger partial charge in [-0.05, 0) is 35.8 Å². The van der Waals surface area contributed by atoms with Gasteiger partial charge in [0.2, 0.25) is 5.91 Å². The van der Waals surface area contributed by atoms with Gasteiger partial charge in [0.1, 0.15) is 0 Å². The van der Waals surface area contributed by atoms with Crippen molar-refractivity contribution < 1.29 is 9.59 Å². The van der Waals surface area contributed by atoms with Crippen LogP contribution < -0.4 is 11.1 Å². The van der Waals surface area contributed by atoms with Gasteiger partial charge in [0.15, 0.2) is 0 Å². The van der Waals surface area contributed by atoms with Crippen molar-refractivity contribution >= 4 is 23.3 Å². The van der Waals surface area contributed by atoms with E-state index >= 15 is 0 Å². The summed E-state index contributed by atoms with van der Waals surface area (Å²) in [7, 11) is 0. The average molecular weight is 357 g/mol. The number of urea groups is 1. The molecule has 1 fully saturated rings. The van der Waals surface area contributed by atoms with Gasteiger partial charge in [-0.3, -0.25) is 4.79 Å². The number of nitrogens with one attached hydrogen (secondary N) is 1. The highest BCUT2D eigenvalue weighted by atomic mass is 32.1. The number of amides is 3. The summed E-state index contributed by atoms with van der Waals surface area (Å²) in [5.74, 6) is 0.584. The Balaban J connectivity index is 1.57. The number of piperidine rings is 1. The van der Waals surface area contributed by atoms with Gasteiger partial charge in [0.25, 0.3) is 0 Å². The van der Waals surface area contributed by atoms with Crippen molar-refractivity contribution in [2.24, 2.45) is 5.73 Å². The minimum atomic E-state index is -0.603. The minimum absolute atomic E-state index is 0.0682. The van der Waals surface area contributed by atoms with Crippen LogP contribution in [0.5, 0.6) is 0 Å². The number of thiophene rings is 1. The maximum Gasteiger partial charge on any atom is 0.312 e. The molecule has 1 aromatic carbocycles. The van der Waals surface area contributed by atoms with Crippen LogP contribution in [-0.4, -0.2) is 29.9 Å². The molecule has 0 radical (unpaired) electrons. The lowest BCUT2D eigenvalue weighted by molar-refractivity contribution is -0.132. The van der Waals surface area contributed by atoms with Crippen molar-refractivity contribution in [2.45, 2.75) is 31.2 Å². The highest BCUT2D eigenvalue weighted by Crippen LogP contribution is 2.29. The summed E-state index contributed by atoms with van der Waals surface area (Å²) >= 11 is 1.52. The monoisotopic (exact) mass is 357 g/mol. The molecule has 132 valence electrons. The molecule has 2 heterocycles. The van der Waals surface area contributed by atoms with Gasteiger partial charge in [-0.25, -0.2) is 4.79 Å². The van der Waals surface area contributed by atoms with Crippen LogP contribution in [0.3, 0.4) is 0 Å².